The summed E-state index contributed by atoms with van der Waals surface area (Å²) in [6.45, 7) is 7.57. The lowest BCUT2D eigenvalue weighted by Crippen LogP contribution is -2.46. The molecule has 3 rings (SSSR count). The first-order valence-electron chi connectivity index (χ1n) is 9.49. The highest BCUT2D eigenvalue weighted by molar-refractivity contribution is 14.0. The quantitative estimate of drug-likeness (QED) is 0.342. The molecule has 9 heteroatoms. The molecule has 0 radical (unpaired) electrons. The largest absolute Gasteiger partial charge is 0.379 e. The molecular weight excluding hydrogens is 469 g/mol. The van der Waals surface area contributed by atoms with Crippen LogP contribution in [0, 0.1) is 0 Å². The number of guanidine groups is 1. The molecule has 1 fully saturated rings. The SMILES string of the molecule is CCNC(=NCc1ncnn1C)NCC(c1ccccc1)N1CCOCC1.I. The lowest BCUT2D eigenvalue weighted by atomic mass is 10.0. The average molecular weight is 499 g/mol. The molecule has 2 aromatic rings. The standard InChI is InChI=1S/C19H29N7O.HI/c1-3-20-19(22-14-18-23-15-24-25(18)2)21-13-17(16-7-5-4-6-8-16)26-9-11-27-12-10-26;/h4-8,15,17H,3,9-14H2,1-2H3,(H2,20,21,22);1H. The summed E-state index contributed by atoms with van der Waals surface area (Å²) in [5.41, 5.74) is 1.30. The van der Waals surface area contributed by atoms with Crippen LogP contribution in [0.1, 0.15) is 24.4 Å². The Morgan fingerprint density at radius 1 is 1.21 bits per heavy atom. The maximum absolute atomic E-state index is 5.53. The number of halogens is 1. The monoisotopic (exact) mass is 499 g/mol. The third-order valence-electron chi connectivity index (χ3n) is 4.66. The van der Waals surface area contributed by atoms with Crippen LogP contribution in [0.4, 0.5) is 0 Å². The molecule has 0 spiro atoms. The zero-order valence-corrected chi connectivity index (χ0v) is 18.9. The molecule has 0 amide bonds. The number of hydrogen-bond donors (Lipinski definition) is 2. The molecule has 1 unspecified atom stereocenters. The Kier molecular flexibility index (Phi) is 9.65. The van der Waals surface area contributed by atoms with Gasteiger partial charge in [0.25, 0.3) is 0 Å². The van der Waals surface area contributed by atoms with Crippen LogP contribution in [0.15, 0.2) is 41.7 Å². The van der Waals surface area contributed by atoms with Gasteiger partial charge in [0.15, 0.2) is 5.96 Å². The van der Waals surface area contributed by atoms with Crippen molar-refractivity contribution in [3.8, 4) is 0 Å². The highest BCUT2D eigenvalue weighted by Crippen LogP contribution is 2.21. The second kappa shape index (κ2) is 12.0. The second-order valence-electron chi connectivity index (χ2n) is 6.45. The molecule has 1 aromatic heterocycles. The van der Waals surface area contributed by atoms with E-state index in [1.807, 2.05) is 7.05 Å². The molecule has 1 atom stereocenters. The van der Waals surface area contributed by atoms with Crippen LogP contribution >= 0.6 is 24.0 Å². The van der Waals surface area contributed by atoms with E-state index >= 15 is 0 Å². The van der Waals surface area contributed by atoms with E-state index < -0.39 is 0 Å². The third-order valence-corrected chi connectivity index (χ3v) is 4.66. The summed E-state index contributed by atoms with van der Waals surface area (Å²) in [4.78, 5) is 11.4. The Morgan fingerprint density at radius 3 is 2.61 bits per heavy atom. The van der Waals surface area contributed by atoms with Crippen LogP contribution in [0.25, 0.3) is 0 Å². The number of nitrogens with one attached hydrogen (secondary N) is 2. The topological polar surface area (TPSA) is 79.6 Å². The fraction of sp³-hybridized carbons (Fsp3) is 0.526. The molecule has 0 saturated carbocycles. The van der Waals surface area contributed by atoms with E-state index in [0.717, 1.165) is 51.2 Å². The summed E-state index contributed by atoms with van der Waals surface area (Å²) < 4.78 is 7.27. The Bertz CT molecular complexity index is 716. The van der Waals surface area contributed by atoms with Crippen molar-refractivity contribution in [2.75, 3.05) is 39.4 Å². The van der Waals surface area contributed by atoms with Gasteiger partial charge in [-0.15, -0.1) is 24.0 Å². The van der Waals surface area contributed by atoms with Crippen molar-refractivity contribution < 1.29 is 4.74 Å². The van der Waals surface area contributed by atoms with E-state index in [4.69, 9.17) is 4.74 Å². The summed E-state index contributed by atoms with van der Waals surface area (Å²) in [6, 6.07) is 10.9. The van der Waals surface area contributed by atoms with Gasteiger partial charge in [-0.3, -0.25) is 9.58 Å². The van der Waals surface area contributed by atoms with Crippen molar-refractivity contribution in [3.63, 3.8) is 0 Å². The third kappa shape index (κ3) is 6.42. The van der Waals surface area contributed by atoms with E-state index in [0.29, 0.717) is 6.54 Å². The van der Waals surface area contributed by atoms with Gasteiger partial charge in [-0.1, -0.05) is 30.3 Å². The average Bonchev–Trinajstić information content (AvgIpc) is 3.12. The van der Waals surface area contributed by atoms with Crippen LogP contribution in [-0.2, 0) is 18.3 Å². The zero-order chi connectivity index (χ0) is 18.9. The van der Waals surface area contributed by atoms with Gasteiger partial charge in [0.1, 0.15) is 18.7 Å². The van der Waals surface area contributed by atoms with Crippen molar-refractivity contribution in [3.05, 3.63) is 48.0 Å². The second-order valence-corrected chi connectivity index (χ2v) is 6.45. The van der Waals surface area contributed by atoms with Crippen molar-refractivity contribution in [1.29, 1.82) is 0 Å². The van der Waals surface area contributed by atoms with Gasteiger partial charge in [-0.05, 0) is 12.5 Å². The van der Waals surface area contributed by atoms with E-state index in [1.54, 1.807) is 11.0 Å². The first-order chi connectivity index (χ1) is 13.3. The molecule has 2 heterocycles. The van der Waals surface area contributed by atoms with Gasteiger partial charge in [0.05, 0.1) is 19.3 Å². The Morgan fingerprint density at radius 2 is 1.96 bits per heavy atom. The van der Waals surface area contributed by atoms with Gasteiger partial charge in [0.2, 0.25) is 0 Å². The lowest BCUT2D eigenvalue weighted by molar-refractivity contribution is 0.0170. The number of aliphatic imine (C=N–C) groups is 1. The molecule has 154 valence electrons. The number of benzene rings is 1. The van der Waals surface area contributed by atoms with E-state index in [1.165, 1.54) is 5.56 Å². The molecule has 1 aliphatic heterocycles. The van der Waals surface area contributed by atoms with Crippen molar-refractivity contribution in [2.45, 2.75) is 19.5 Å². The number of aromatic nitrogens is 3. The Labute approximate surface area is 183 Å². The van der Waals surface area contributed by atoms with Gasteiger partial charge in [0, 0.05) is 33.2 Å². The molecule has 1 aromatic carbocycles. The van der Waals surface area contributed by atoms with Gasteiger partial charge < -0.3 is 15.4 Å². The molecule has 28 heavy (non-hydrogen) atoms. The number of aryl methyl sites for hydroxylation is 1. The minimum absolute atomic E-state index is 0. The summed E-state index contributed by atoms with van der Waals surface area (Å²) >= 11 is 0. The molecule has 1 aliphatic rings. The summed E-state index contributed by atoms with van der Waals surface area (Å²) in [6.07, 6.45) is 1.55. The smallest absolute Gasteiger partial charge is 0.191 e. The molecule has 0 aliphatic carbocycles. The van der Waals surface area contributed by atoms with E-state index in [2.05, 4.69) is 67.9 Å². The summed E-state index contributed by atoms with van der Waals surface area (Å²) in [5, 5.41) is 10.9. The van der Waals surface area contributed by atoms with Gasteiger partial charge in [-0.2, -0.15) is 5.10 Å². The molecule has 8 nitrogen and oxygen atoms in total. The lowest BCUT2D eigenvalue weighted by Gasteiger charge is -2.35. The van der Waals surface area contributed by atoms with Crippen LogP contribution in [-0.4, -0.2) is 65.0 Å². The van der Waals surface area contributed by atoms with Crippen molar-refractivity contribution in [1.82, 2.24) is 30.3 Å². The van der Waals surface area contributed by atoms with Gasteiger partial charge in [-0.25, -0.2) is 9.98 Å². The minimum atomic E-state index is 0. The Balaban J connectivity index is 0.00000280. The number of ether oxygens (including phenoxy) is 1. The predicted octanol–water partition coefficient (Wildman–Crippen LogP) is 1.56. The summed E-state index contributed by atoms with van der Waals surface area (Å²) in [5.74, 6) is 1.62. The van der Waals surface area contributed by atoms with Crippen LogP contribution in [0.5, 0.6) is 0 Å². The fourth-order valence-corrected chi connectivity index (χ4v) is 3.17. The number of nitrogens with zero attached hydrogens (tertiary/aromatic N) is 5. The maximum atomic E-state index is 5.53. The maximum Gasteiger partial charge on any atom is 0.191 e. The zero-order valence-electron chi connectivity index (χ0n) is 16.5. The van der Waals surface area contributed by atoms with Crippen LogP contribution in [0.3, 0.4) is 0 Å². The normalized spacial score (nSPS) is 16.3. The first-order valence-corrected chi connectivity index (χ1v) is 9.49. The van der Waals surface area contributed by atoms with Crippen molar-refractivity contribution in [2.24, 2.45) is 12.0 Å². The van der Waals surface area contributed by atoms with E-state index in [9.17, 15) is 0 Å². The van der Waals surface area contributed by atoms with Gasteiger partial charge >= 0.3 is 0 Å². The number of morpholine rings is 1. The Hall–Kier alpha value is -1.72. The number of hydrogen-bond acceptors (Lipinski definition) is 5. The molecule has 2 N–H and O–H groups in total. The highest BCUT2D eigenvalue weighted by atomic mass is 127. The highest BCUT2D eigenvalue weighted by Gasteiger charge is 2.22. The minimum Gasteiger partial charge on any atom is -0.379 e. The molecule has 0 bridgehead atoms. The molecular formula is C19H30IN7O. The van der Waals surface area contributed by atoms with Crippen LogP contribution in [0.2, 0.25) is 0 Å². The number of rotatable bonds is 7. The van der Waals surface area contributed by atoms with Crippen LogP contribution < -0.4 is 10.6 Å². The fourth-order valence-electron chi connectivity index (χ4n) is 3.17. The molecule has 1 saturated heterocycles. The first kappa shape index (κ1) is 22.6. The predicted molar refractivity (Wildman–Crippen MR) is 121 cm³/mol. The van der Waals surface area contributed by atoms with E-state index in [-0.39, 0.29) is 30.0 Å². The van der Waals surface area contributed by atoms with Crippen molar-refractivity contribution >= 4 is 29.9 Å². The summed E-state index contributed by atoms with van der Waals surface area (Å²) in [7, 11) is 1.88.